The third-order valence-corrected chi connectivity index (χ3v) is 5.03. The van der Waals surface area contributed by atoms with Gasteiger partial charge in [0.25, 0.3) is 0 Å². The molecular weight excluding hydrogens is 294 g/mol. The Bertz CT molecular complexity index is 591. The summed E-state index contributed by atoms with van der Waals surface area (Å²) in [6.07, 6.45) is 4.45. The lowest BCUT2D eigenvalue weighted by Crippen LogP contribution is -2.30. The van der Waals surface area contributed by atoms with Crippen LogP contribution in [0.25, 0.3) is 0 Å². The third kappa shape index (κ3) is 2.88. The zero-order chi connectivity index (χ0) is 14.8. The van der Waals surface area contributed by atoms with Crippen molar-refractivity contribution in [2.45, 2.75) is 37.9 Å². The Morgan fingerprint density at radius 3 is 2.80 bits per heavy atom. The van der Waals surface area contributed by atoms with E-state index in [1.165, 1.54) is 11.8 Å². The molecule has 0 fully saturated rings. The number of carboxylic acid groups (broad SMARTS) is 1. The molecule has 0 spiro atoms. The summed E-state index contributed by atoms with van der Waals surface area (Å²) in [5.74, 6) is -0.830. The molecular formula is C13H17N3O2S2. The lowest BCUT2D eigenvalue weighted by atomic mass is 10.1. The Balaban J connectivity index is 2.42. The lowest BCUT2D eigenvalue weighted by Gasteiger charge is -2.28. The van der Waals surface area contributed by atoms with Gasteiger partial charge in [0.2, 0.25) is 0 Å². The molecule has 0 radical (unpaired) electrons. The quantitative estimate of drug-likeness (QED) is 0.831. The molecule has 0 amide bonds. The molecule has 0 saturated heterocycles. The highest BCUT2D eigenvalue weighted by Crippen LogP contribution is 2.33. The highest BCUT2D eigenvalue weighted by atomic mass is 32.2. The maximum atomic E-state index is 10.8. The first-order chi connectivity index (χ1) is 9.46. The summed E-state index contributed by atoms with van der Waals surface area (Å²) in [5, 5.41) is 12.5. The van der Waals surface area contributed by atoms with Gasteiger partial charge in [0.15, 0.2) is 5.16 Å². The van der Waals surface area contributed by atoms with Crippen LogP contribution < -0.4 is 0 Å². The highest BCUT2D eigenvalue weighted by Gasteiger charge is 2.30. The van der Waals surface area contributed by atoms with Crippen molar-refractivity contribution in [3.05, 3.63) is 28.5 Å². The van der Waals surface area contributed by atoms with Crippen molar-refractivity contribution >= 4 is 29.1 Å². The van der Waals surface area contributed by atoms with E-state index in [0.29, 0.717) is 0 Å². The summed E-state index contributed by atoms with van der Waals surface area (Å²) in [5.41, 5.74) is 0.745. The lowest BCUT2D eigenvalue weighted by molar-refractivity contribution is -0.133. The van der Waals surface area contributed by atoms with E-state index in [4.69, 9.17) is 5.11 Å². The van der Waals surface area contributed by atoms with Crippen LogP contribution in [0.1, 0.15) is 31.5 Å². The number of carbonyl (C=O) groups is 1. The summed E-state index contributed by atoms with van der Waals surface area (Å²) in [4.78, 5) is 19.5. The minimum Gasteiger partial charge on any atom is -0.481 e. The van der Waals surface area contributed by atoms with Gasteiger partial charge < -0.3 is 9.67 Å². The van der Waals surface area contributed by atoms with Gasteiger partial charge in [0.05, 0.1) is 11.3 Å². The van der Waals surface area contributed by atoms with Crippen molar-refractivity contribution in [1.82, 2.24) is 14.5 Å². The minimum atomic E-state index is -0.838. The Morgan fingerprint density at radius 2 is 2.25 bits per heavy atom. The fourth-order valence-electron chi connectivity index (χ4n) is 2.06. The van der Waals surface area contributed by atoms with Crippen LogP contribution in [-0.2, 0) is 16.8 Å². The van der Waals surface area contributed by atoms with Crippen molar-refractivity contribution in [3.63, 3.8) is 0 Å². The van der Waals surface area contributed by atoms with E-state index in [1.807, 2.05) is 11.6 Å². The van der Waals surface area contributed by atoms with E-state index in [-0.39, 0.29) is 11.3 Å². The van der Waals surface area contributed by atoms with Crippen molar-refractivity contribution in [2.24, 2.45) is 0 Å². The Labute approximate surface area is 126 Å². The van der Waals surface area contributed by atoms with Crippen LogP contribution in [0.5, 0.6) is 0 Å². The highest BCUT2D eigenvalue weighted by molar-refractivity contribution is 7.99. The molecule has 0 unspecified atom stereocenters. The molecule has 2 heterocycles. The van der Waals surface area contributed by atoms with Gasteiger partial charge in [-0.1, -0.05) is 18.7 Å². The first-order valence-corrected chi connectivity index (χ1v) is 8.15. The largest absolute Gasteiger partial charge is 0.481 e. The van der Waals surface area contributed by atoms with E-state index >= 15 is 0 Å². The predicted molar refractivity (Wildman–Crippen MR) is 80.5 cm³/mol. The average molecular weight is 311 g/mol. The van der Waals surface area contributed by atoms with Crippen molar-refractivity contribution in [2.75, 3.05) is 5.75 Å². The van der Waals surface area contributed by atoms with Crippen molar-refractivity contribution in [1.29, 1.82) is 0 Å². The number of carboxylic acids is 1. The van der Waals surface area contributed by atoms with Gasteiger partial charge >= 0.3 is 5.97 Å². The van der Waals surface area contributed by atoms with Gasteiger partial charge in [-0.3, -0.25) is 4.79 Å². The fourth-order valence-corrected chi connectivity index (χ4v) is 3.67. The standard InChI is InChI=1S/C13H17N3O2S2/c1-4-9-7-15-12(20-8-10(17)18)16(9)13(2,3)11-14-5-6-19-11/h5-7H,4,8H2,1-3H3,(H,17,18). The van der Waals surface area contributed by atoms with E-state index < -0.39 is 5.97 Å². The summed E-state index contributed by atoms with van der Waals surface area (Å²) in [6.45, 7) is 6.23. The number of thiazole rings is 1. The normalized spacial score (nSPS) is 11.8. The Morgan fingerprint density at radius 1 is 1.50 bits per heavy atom. The van der Waals surface area contributed by atoms with Gasteiger partial charge in [-0.15, -0.1) is 11.3 Å². The molecule has 0 saturated carbocycles. The molecule has 0 aliphatic heterocycles. The van der Waals surface area contributed by atoms with E-state index in [2.05, 4.69) is 35.3 Å². The zero-order valence-electron chi connectivity index (χ0n) is 11.7. The second kappa shape index (κ2) is 5.97. The van der Waals surface area contributed by atoms with Crippen LogP contribution in [0.15, 0.2) is 22.9 Å². The van der Waals surface area contributed by atoms with Crippen LogP contribution in [-0.4, -0.2) is 31.4 Å². The number of hydrogen-bond donors (Lipinski definition) is 1. The SMILES string of the molecule is CCc1cnc(SCC(=O)O)n1C(C)(C)c1nccs1. The van der Waals surface area contributed by atoms with Gasteiger partial charge in [-0.25, -0.2) is 9.97 Å². The molecule has 0 atom stereocenters. The van der Waals surface area contributed by atoms with Gasteiger partial charge in [-0.2, -0.15) is 0 Å². The first kappa shape index (κ1) is 15.1. The molecule has 0 aliphatic carbocycles. The molecule has 0 bridgehead atoms. The smallest absolute Gasteiger partial charge is 0.313 e. The van der Waals surface area contributed by atoms with Gasteiger partial charge in [0, 0.05) is 23.5 Å². The number of imidazole rings is 1. The molecule has 5 nitrogen and oxygen atoms in total. The summed E-state index contributed by atoms with van der Waals surface area (Å²) in [7, 11) is 0. The van der Waals surface area contributed by atoms with Crippen LogP contribution in [0, 0.1) is 0 Å². The first-order valence-electron chi connectivity index (χ1n) is 6.28. The van der Waals surface area contributed by atoms with Crippen molar-refractivity contribution < 1.29 is 9.90 Å². The summed E-state index contributed by atoms with van der Waals surface area (Å²) >= 11 is 2.84. The minimum absolute atomic E-state index is 0.00805. The summed E-state index contributed by atoms with van der Waals surface area (Å²) in [6, 6.07) is 0. The fraction of sp³-hybridized carbons (Fsp3) is 0.462. The average Bonchev–Trinajstić information content (AvgIpc) is 3.05. The number of aromatic nitrogens is 3. The van der Waals surface area contributed by atoms with Crippen LogP contribution in [0.4, 0.5) is 0 Å². The van der Waals surface area contributed by atoms with E-state index in [9.17, 15) is 4.79 Å². The topological polar surface area (TPSA) is 68.0 Å². The van der Waals surface area contributed by atoms with Crippen LogP contribution in [0.3, 0.4) is 0 Å². The second-order valence-corrected chi connectivity index (χ2v) is 6.64. The molecule has 7 heteroatoms. The Kier molecular flexibility index (Phi) is 4.49. The molecule has 108 valence electrons. The van der Waals surface area contributed by atoms with E-state index in [1.54, 1.807) is 17.5 Å². The molecule has 2 aromatic heterocycles. The van der Waals surface area contributed by atoms with Gasteiger partial charge in [-0.05, 0) is 20.3 Å². The maximum Gasteiger partial charge on any atom is 0.313 e. The number of thioether (sulfide) groups is 1. The monoisotopic (exact) mass is 311 g/mol. The number of aliphatic carboxylic acids is 1. The maximum absolute atomic E-state index is 10.8. The molecule has 20 heavy (non-hydrogen) atoms. The number of rotatable bonds is 6. The Hall–Kier alpha value is -1.34. The molecule has 0 aliphatic rings. The number of hydrogen-bond acceptors (Lipinski definition) is 5. The number of aryl methyl sites for hydroxylation is 1. The van der Waals surface area contributed by atoms with E-state index in [0.717, 1.165) is 22.3 Å². The van der Waals surface area contributed by atoms with Crippen LogP contribution in [0.2, 0.25) is 0 Å². The second-order valence-electron chi connectivity index (χ2n) is 4.80. The predicted octanol–water partition coefficient (Wildman–Crippen LogP) is 2.86. The van der Waals surface area contributed by atoms with Crippen LogP contribution >= 0.6 is 23.1 Å². The zero-order valence-corrected chi connectivity index (χ0v) is 13.3. The molecule has 1 N–H and O–H groups in total. The van der Waals surface area contributed by atoms with Gasteiger partial charge in [0.1, 0.15) is 5.01 Å². The molecule has 2 aromatic rings. The van der Waals surface area contributed by atoms with Crippen molar-refractivity contribution in [3.8, 4) is 0 Å². The molecule has 2 rings (SSSR count). The summed E-state index contributed by atoms with van der Waals surface area (Å²) < 4.78 is 2.10. The molecule has 0 aromatic carbocycles. The number of nitrogens with zero attached hydrogens (tertiary/aromatic N) is 3. The third-order valence-electron chi connectivity index (χ3n) is 3.00.